The monoisotopic (exact) mass is 157 g/mol. The average molecular weight is 157 g/mol. The van der Waals surface area contributed by atoms with Gasteiger partial charge in [-0.1, -0.05) is 5.92 Å². The molecule has 0 aliphatic rings. The van der Waals surface area contributed by atoms with Crippen molar-refractivity contribution in [3.63, 3.8) is 0 Å². The molecule has 0 aromatic rings. The lowest BCUT2D eigenvalue weighted by Gasteiger charge is -2.09. The normalized spacial score (nSPS) is 12.9. The quantitative estimate of drug-likeness (QED) is 0.442. The summed E-state index contributed by atoms with van der Waals surface area (Å²) in [5.74, 6) is 1.90. The summed E-state index contributed by atoms with van der Waals surface area (Å²) in [7, 11) is 0. The predicted octanol–water partition coefficient (Wildman–Crippen LogP) is 0.588. The highest BCUT2D eigenvalue weighted by molar-refractivity contribution is 5.65. The molecule has 0 bridgehead atoms. The van der Waals surface area contributed by atoms with Crippen LogP contribution in [0.25, 0.3) is 0 Å². The van der Waals surface area contributed by atoms with Crippen molar-refractivity contribution in [1.29, 1.82) is 0 Å². The molecule has 0 spiro atoms. The second-order valence-electron chi connectivity index (χ2n) is 1.94. The molecule has 0 fully saturated rings. The summed E-state index contributed by atoms with van der Waals surface area (Å²) in [6.07, 6.45) is 4.53. The van der Waals surface area contributed by atoms with Crippen molar-refractivity contribution in [2.45, 2.75) is 19.9 Å². The van der Waals surface area contributed by atoms with Crippen molar-refractivity contribution < 1.29 is 15.6 Å². The summed E-state index contributed by atoms with van der Waals surface area (Å²) >= 11 is 0. The van der Waals surface area contributed by atoms with Crippen LogP contribution in [-0.4, -0.2) is 25.3 Å². The second kappa shape index (κ2) is 5.75. The van der Waals surface area contributed by atoms with Gasteiger partial charge in [0.25, 0.3) is 0 Å². The van der Waals surface area contributed by atoms with E-state index in [9.17, 15) is 4.79 Å². The van der Waals surface area contributed by atoms with Gasteiger partial charge in [0.15, 0.2) is 0 Å². The summed E-state index contributed by atoms with van der Waals surface area (Å²) in [5, 5.41) is 0. The van der Waals surface area contributed by atoms with E-state index in [1.807, 2.05) is 0 Å². The minimum atomic E-state index is -0.412. The maximum absolute atomic E-state index is 10.4. The van der Waals surface area contributed by atoms with Crippen LogP contribution in [0.2, 0.25) is 0 Å². The number of carbonyl (C=O) groups excluding carboxylic acids is 1. The molecule has 3 nitrogen and oxygen atoms in total. The van der Waals surface area contributed by atoms with Gasteiger partial charge in [-0.3, -0.25) is 4.79 Å². The van der Waals surface area contributed by atoms with Crippen molar-refractivity contribution in [1.82, 2.24) is 0 Å². The molecule has 0 N–H and O–H groups in total. The van der Waals surface area contributed by atoms with Crippen LogP contribution in [0.5, 0.6) is 0 Å². The van der Waals surface area contributed by atoms with Gasteiger partial charge in [-0.05, 0) is 6.90 Å². The molecule has 0 amide bonds. The van der Waals surface area contributed by atoms with Crippen molar-refractivity contribution in [3.8, 4) is 12.3 Å². The Balaban J connectivity index is 3.54. The maximum atomic E-state index is 10.4. The maximum Gasteiger partial charge on any atom is 0.302 e. The van der Waals surface area contributed by atoms with Crippen molar-refractivity contribution in [3.05, 3.63) is 0 Å². The molecule has 0 aromatic carbocycles. The van der Waals surface area contributed by atoms with Crippen LogP contribution in [0.1, 0.15) is 15.2 Å². The Bertz CT molecular complexity index is 174. The van der Waals surface area contributed by atoms with E-state index in [0.717, 1.165) is 0 Å². The average Bonchev–Trinajstić information content (AvgIpc) is 2.05. The summed E-state index contributed by atoms with van der Waals surface area (Å²) < 4.78 is 16.6. The number of carbonyl (C=O) groups is 1. The topological polar surface area (TPSA) is 35.5 Å². The lowest BCUT2D eigenvalue weighted by Crippen LogP contribution is -2.17. The molecular weight excluding hydrogens is 144 g/mol. The van der Waals surface area contributed by atoms with Gasteiger partial charge in [0.1, 0.15) is 13.2 Å². The molecule has 0 heterocycles. The number of hydrogen-bond donors (Lipinski definition) is 0. The van der Waals surface area contributed by atoms with Crippen molar-refractivity contribution in [2.75, 3.05) is 13.2 Å². The Hall–Kier alpha value is -1.01. The first-order valence-electron chi connectivity index (χ1n) is 3.89. The Morgan fingerprint density at radius 3 is 3.09 bits per heavy atom. The van der Waals surface area contributed by atoms with Crippen molar-refractivity contribution >= 4 is 5.97 Å². The predicted molar refractivity (Wildman–Crippen MR) is 40.9 cm³/mol. The van der Waals surface area contributed by atoms with Gasteiger partial charge >= 0.3 is 5.97 Å². The Labute approximate surface area is 68.1 Å². The zero-order chi connectivity index (χ0) is 9.40. The summed E-state index contributed by atoms with van der Waals surface area (Å²) in [6.45, 7) is 1.59. The first-order valence-corrected chi connectivity index (χ1v) is 3.18. The highest BCUT2D eigenvalue weighted by Gasteiger charge is 2.02. The highest BCUT2D eigenvalue weighted by atomic mass is 16.6. The van der Waals surface area contributed by atoms with Crippen molar-refractivity contribution in [2.24, 2.45) is 0 Å². The zero-order valence-electron chi connectivity index (χ0n) is 7.50. The molecule has 0 aliphatic carbocycles. The van der Waals surface area contributed by atoms with E-state index in [4.69, 9.17) is 12.5 Å². The Kier molecular flexibility index (Phi) is 4.23. The van der Waals surface area contributed by atoms with E-state index >= 15 is 0 Å². The standard InChI is InChI=1S/C8H12O3/c1-4-5-10-7(2)6-11-8(3)9/h1,7H,5-6H2,2-3H3/i2D. The Morgan fingerprint density at radius 1 is 1.91 bits per heavy atom. The van der Waals surface area contributed by atoms with Crippen LogP contribution < -0.4 is 0 Å². The first-order chi connectivity index (χ1) is 5.70. The summed E-state index contributed by atoms with van der Waals surface area (Å²) in [6, 6.07) is 0. The van der Waals surface area contributed by atoms with E-state index in [0.29, 0.717) is 0 Å². The number of terminal acetylenes is 1. The second-order valence-corrected chi connectivity index (χ2v) is 1.94. The third-order valence-corrected chi connectivity index (χ3v) is 0.875. The fraction of sp³-hybridized carbons (Fsp3) is 0.625. The molecule has 0 saturated heterocycles. The molecular formula is C8H12O3. The fourth-order valence-electron chi connectivity index (χ4n) is 0.424. The van der Waals surface area contributed by atoms with E-state index in [1.165, 1.54) is 6.92 Å². The van der Waals surface area contributed by atoms with Crippen LogP contribution in [0, 0.1) is 12.3 Å². The molecule has 3 heteroatoms. The van der Waals surface area contributed by atoms with Gasteiger partial charge in [0.2, 0.25) is 0 Å². The largest absolute Gasteiger partial charge is 0.463 e. The number of rotatable bonds is 4. The Morgan fingerprint density at radius 2 is 2.64 bits per heavy atom. The lowest BCUT2D eigenvalue weighted by molar-refractivity contribution is -0.144. The van der Waals surface area contributed by atoms with E-state index in [-0.39, 0.29) is 26.1 Å². The zero-order valence-corrected chi connectivity index (χ0v) is 6.50. The van der Waals surface area contributed by atoms with Gasteiger partial charge in [0, 0.05) is 8.29 Å². The minimum absolute atomic E-state index is 0.0367. The summed E-state index contributed by atoms with van der Waals surface area (Å²) in [4.78, 5) is 10.4. The molecule has 0 rings (SSSR count). The molecule has 0 aromatic heterocycles. The molecule has 0 aliphatic heterocycles. The summed E-state index contributed by atoms with van der Waals surface area (Å²) in [5.41, 5.74) is 0. The minimum Gasteiger partial charge on any atom is -0.463 e. The van der Waals surface area contributed by atoms with E-state index in [2.05, 4.69) is 10.7 Å². The van der Waals surface area contributed by atoms with E-state index in [1.54, 1.807) is 0 Å². The first kappa shape index (κ1) is 8.09. The fourth-order valence-corrected chi connectivity index (χ4v) is 0.424. The lowest BCUT2D eigenvalue weighted by atomic mass is 10.4. The van der Waals surface area contributed by atoms with Crippen LogP contribution in [-0.2, 0) is 14.3 Å². The molecule has 1 atom stereocenters. The third kappa shape index (κ3) is 6.88. The van der Waals surface area contributed by atoms with E-state index < -0.39 is 6.10 Å². The van der Waals surface area contributed by atoms with Gasteiger partial charge in [-0.15, -0.1) is 6.42 Å². The highest BCUT2D eigenvalue weighted by Crippen LogP contribution is 1.91. The molecule has 0 saturated carbocycles. The van der Waals surface area contributed by atoms with Crippen LogP contribution in [0.3, 0.4) is 0 Å². The number of esters is 1. The molecule has 62 valence electrons. The van der Waals surface area contributed by atoms with Crippen LogP contribution >= 0.6 is 0 Å². The van der Waals surface area contributed by atoms with Gasteiger partial charge in [0.05, 0.1) is 6.10 Å². The van der Waals surface area contributed by atoms with Gasteiger partial charge < -0.3 is 9.47 Å². The number of ether oxygens (including phenoxy) is 2. The number of hydrogen-bond acceptors (Lipinski definition) is 3. The SMILES string of the molecule is [2H]CC(COC(C)=O)OCC#C. The molecule has 11 heavy (non-hydrogen) atoms. The molecule has 1 unspecified atom stereocenters. The van der Waals surface area contributed by atoms with Gasteiger partial charge in [-0.25, -0.2) is 0 Å². The van der Waals surface area contributed by atoms with Crippen LogP contribution in [0.15, 0.2) is 0 Å². The van der Waals surface area contributed by atoms with Gasteiger partial charge in [-0.2, -0.15) is 0 Å². The third-order valence-electron chi connectivity index (χ3n) is 0.875. The molecule has 0 radical (unpaired) electrons. The van der Waals surface area contributed by atoms with Crippen LogP contribution in [0.4, 0.5) is 0 Å². The smallest absolute Gasteiger partial charge is 0.302 e.